The third kappa shape index (κ3) is 1.59. The van der Waals surface area contributed by atoms with Gasteiger partial charge in [-0.15, -0.1) is 0 Å². The van der Waals surface area contributed by atoms with E-state index >= 15 is 0 Å². The van der Waals surface area contributed by atoms with E-state index in [0.717, 1.165) is 0 Å². The Balaban J connectivity index is 2.73. The Morgan fingerprint density at radius 3 is 3.07 bits per heavy atom. The Morgan fingerprint density at radius 1 is 1.53 bits per heavy atom. The lowest BCUT2D eigenvalue weighted by Gasteiger charge is -2.00. The molecule has 0 saturated heterocycles. The Kier molecular flexibility index (Phi) is 2.21. The van der Waals surface area contributed by atoms with Gasteiger partial charge in [-0.1, -0.05) is 0 Å². The first-order valence-corrected chi connectivity index (χ1v) is 4.28. The zero-order chi connectivity index (χ0) is 10.8. The summed E-state index contributed by atoms with van der Waals surface area (Å²) in [4.78, 5) is 29.1. The van der Waals surface area contributed by atoms with Crippen molar-refractivity contribution in [2.24, 2.45) is 0 Å². The number of nitrogens with zero attached hydrogens (tertiary/aromatic N) is 1. The largest absolute Gasteiger partial charge is 0.465 e. The van der Waals surface area contributed by atoms with Crippen molar-refractivity contribution in [3.8, 4) is 0 Å². The molecule has 5 heteroatoms. The van der Waals surface area contributed by atoms with Gasteiger partial charge in [0.25, 0.3) is 5.56 Å². The maximum absolute atomic E-state index is 11.5. The molecule has 0 spiro atoms. The molecular weight excluding hydrogens is 196 g/mol. The minimum absolute atomic E-state index is 0.0157. The fourth-order valence-corrected chi connectivity index (χ4v) is 1.31. The summed E-state index contributed by atoms with van der Waals surface area (Å²) in [5, 5.41) is 0.692. The summed E-state index contributed by atoms with van der Waals surface area (Å²) < 4.78 is 4.49. The second-order valence-corrected chi connectivity index (χ2v) is 2.97. The molecule has 1 N–H and O–H groups in total. The molecule has 15 heavy (non-hydrogen) atoms. The molecule has 2 heterocycles. The van der Waals surface area contributed by atoms with Crippen LogP contribution < -0.4 is 5.56 Å². The van der Waals surface area contributed by atoms with E-state index in [1.807, 2.05) is 0 Å². The van der Waals surface area contributed by atoms with E-state index < -0.39 is 11.5 Å². The van der Waals surface area contributed by atoms with E-state index in [9.17, 15) is 9.59 Å². The van der Waals surface area contributed by atoms with E-state index in [4.69, 9.17) is 0 Å². The van der Waals surface area contributed by atoms with Crippen LogP contribution in [0.1, 0.15) is 10.4 Å². The van der Waals surface area contributed by atoms with Crippen LogP contribution in [0.25, 0.3) is 10.9 Å². The fourth-order valence-electron chi connectivity index (χ4n) is 1.31. The smallest absolute Gasteiger partial charge is 0.343 e. The zero-order valence-corrected chi connectivity index (χ0v) is 7.98. The predicted molar refractivity (Wildman–Crippen MR) is 53.7 cm³/mol. The third-order valence-electron chi connectivity index (χ3n) is 2.05. The van der Waals surface area contributed by atoms with Crippen LogP contribution in [0.4, 0.5) is 0 Å². The van der Waals surface area contributed by atoms with Crippen LogP contribution in [-0.4, -0.2) is 23.0 Å². The highest BCUT2D eigenvalue weighted by molar-refractivity contribution is 5.93. The summed E-state index contributed by atoms with van der Waals surface area (Å²) >= 11 is 0. The van der Waals surface area contributed by atoms with E-state index in [1.54, 1.807) is 18.5 Å². The number of H-pyrrole nitrogens is 1. The molecule has 0 bridgehead atoms. The highest BCUT2D eigenvalue weighted by Gasteiger charge is 2.11. The number of carbonyl (C=O) groups excluding carboxylic acids is 1. The minimum atomic E-state index is -0.651. The van der Waals surface area contributed by atoms with Crippen LogP contribution in [0.5, 0.6) is 0 Å². The quantitative estimate of drug-likeness (QED) is 0.694. The number of aromatic amines is 1. The standard InChI is InChI=1S/C10H8N2O3/c1-15-10(14)7-4-6-5-11-3-2-8(6)12-9(7)13/h2-5H,1H3,(H,12,13). The predicted octanol–water partition coefficient (Wildman–Crippen LogP) is 0.710. The molecule has 76 valence electrons. The summed E-state index contributed by atoms with van der Waals surface area (Å²) in [5.74, 6) is -0.651. The van der Waals surface area contributed by atoms with Crippen LogP contribution in [0, 0.1) is 0 Å². The van der Waals surface area contributed by atoms with E-state index in [1.165, 1.54) is 13.2 Å². The SMILES string of the molecule is COC(=O)c1cc2cnccc2[nH]c1=O. The molecule has 5 nitrogen and oxygen atoms in total. The highest BCUT2D eigenvalue weighted by atomic mass is 16.5. The summed E-state index contributed by atoms with van der Waals surface area (Å²) in [5.41, 5.74) is 0.168. The first-order chi connectivity index (χ1) is 7.22. The molecule has 0 saturated carbocycles. The number of fused-ring (bicyclic) bond motifs is 1. The molecule has 0 amide bonds. The maximum atomic E-state index is 11.5. The number of hydrogen-bond donors (Lipinski definition) is 1. The molecular formula is C10H8N2O3. The van der Waals surface area contributed by atoms with E-state index in [0.29, 0.717) is 10.9 Å². The second kappa shape index (κ2) is 3.53. The normalized spacial score (nSPS) is 10.2. The molecule has 0 aromatic carbocycles. The molecule has 2 rings (SSSR count). The summed E-state index contributed by atoms with van der Waals surface area (Å²) in [6.45, 7) is 0. The average molecular weight is 204 g/mol. The molecule has 2 aromatic heterocycles. The number of methoxy groups -OCH3 is 1. The van der Waals surface area contributed by atoms with Gasteiger partial charge in [-0.25, -0.2) is 4.79 Å². The number of pyridine rings is 2. The van der Waals surface area contributed by atoms with Crippen LogP contribution in [0.3, 0.4) is 0 Å². The monoisotopic (exact) mass is 204 g/mol. The molecule has 0 fully saturated rings. The molecule has 0 aliphatic carbocycles. The average Bonchev–Trinajstić information content (AvgIpc) is 2.27. The van der Waals surface area contributed by atoms with Crippen molar-refractivity contribution in [1.29, 1.82) is 0 Å². The molecule has 0 aliphatic rings. The van der Waals surface area contributed by atoms with Gasteiger partial charge in [0.1, 0.15) is 5.56 Å². The van der Waals surface area contributed by atoms with Crippen molar-refractivity contribution in [3.63, 3.8) is 0 Å². The van der Waals surface area contributed by atoms with Gasteiger partial charge in [-0.3, -0.25) is 9.78 Å². The minimum Gasteiger partial charge on any atom is -0.465 e. The van der Waals surface area contributed by atoms with Crippen molar-refractivity contribution in [2.45, 2.75) is 0 Å². The van der Waals surface area contributed by atoms with E-state index in [2.05, 4.69) is 14.7 Å². The fraction of sp³-hybridized carbons (Fsp3) is 0.100. The second-order valence-electron chi connectivity index (χ2n) is 2.97. The van der Waals surface area contributed by atoms with Gasteiger partial charge in [-0.2, -0.15) is 0 Å². The van der Waals surface area contributed by atoms with Crippen molar-refractivity contribution in [2.75, 3.05) is 7.11 Å². The van der Waals surface area contributed by atoms with Gasteiger partial charge >= 0.3 is 5.97 Å². The molecule has 0 unspecified atom stereocenters. The van der Waals surface area contributed by atoms with Crippen LogP contribution in [0.15, 0.2) is 29.3 Å². The highest BCUT2D eigenvalue weighted by Crippen LogP contribution is 2.08. The van der Waals surface area contributed by atoms with E-state index in [-0.39, 0.29) is 5.56 Å². The summed E-state index contributed by atoms with van der Waals surface area (Å²) in [7, 11) is 1.23. The van der Waals surface area contributed by atoms with Crippen LogP contribution in [0.2, 0.25) is 0 Å². The topological polar surface area (TPSA) is 72.0 Å². The maximum Gasteiger partial charge on any atom is 0.343 e. The first-order valence-electron chi connectivity index (χ1n) is 4.28. The lowest BCUT2D eigenvalue weighted by Crippen LogP contribution is -2.18. The van der Waals surface area contributed by atoms with Gasteiger partial charge in [0.2, 0.25) is 0 Å². The van der Waals surface area contributed by atoms with Gasteiger partial charge < -0.3 is 9.72 Å². The number of carbonyl (C=O) groups is 1. The van der Waals surface area contributed by atoms with Gasteiger partial charge in [0, 0.05) is 17.8 Å². The molecule has 0 radical (unpaired) electrons. The van der Waals surface area contributed by atoms with Crippen LogP contribution in [-0.2, 0) is 4.74 Å². The molecule has 0 atom stereocenters. The van der Waals surface area contributed by atoms with Gasteiger partial charge in [0.05, 0.1) is 12.6 Å². The van der Waals surface area contributed by atoms with Crippen molar-refractivity contribution in [3.05, 3.63) is 40.4 Å². The number of nitrogens with one attached hydrogen (secondary N) is 1. The zero-order valence-electron chi connectivity index (χ0n) is 7.98. The van der Waals surface area contributed by atoms with Crippen molar-refractivity contribution >= 4 is 16.9 Å². The Bertz CT molecular complexity index is 574. The Morgan fingerprint density at radius 2 is 2.33 bits per heavy atom. The molecule has 0 aliphatic heterocycles. The number of aromatic nitrogens is 2. The number of esters is 1. The van der Waals surface area contributed by atoms with Gasteiger partial charge in [-0.05, 0) is 12.1 Å². The lowest BCUT2D eigenvalue weighted by molar-refractivity contribution is 0.0599. The number of hydrogen-bond acceptors (Lipinski definition) is 4. The van der Waals surface area contributed by atoms with Crippen molar-refractivity contribution < 1.29 is 9.53 Å². The number of ether oxygens (including phenoxy) is 1. The Hall–Kier alpha value is -2.17. The summed E-state index contributed by atoms with van der Waals surface area (Å²) in [6, 6.07) is 3.13. The van der Waals surface area contributed by atoms with Gasteiger partial charge in [0.15, 0.2) is 0 Å². The third-order valence-corrected chi connectivity index (χ3v) is 2.05. The first kappa shape index (κ1) is 9.39. The van der Waals surface area contributed by atoms with Crippen LogP contribution >= 0.6 is 0 Å². The van der Waals surface area contributed by atoms with Crippen molar-refractivity contribution in [1.82, 2.24) is 9.97 Å². The Labute approximate surface area is 84.7 Å². The summed E-state index contributed by atoms with van der Waals surface area (Å²) in [6.07, 6.45) is 3.13. The molecule has 2 aromatic rings. The number of rotatable bonds is 1. The lowest BCUT2D eigenvalue weighted by atomic mass is 10.2.